The van der Waals surface area contributed by atoms with Gasteiger partial charge >= 0.3 is 0 Å². The quantitative estimate of drug-likeness (QED) is 0.711. The van der Waals surface area contributed by atoms with Gasteiger partial charge in [0.1, 0.15) is 0 Å². The van der Waals surface area contributed by atoms with Gasteiger partial charge in [0.25, 0.3) is 6.47 Å². The van der Waals surface area contributed by atoms with Crippen molar-refractivity contribution in [3.05, 3.63) is 35.9 Å². The van der Waals surface area contributed by atoms with Crippen molar-refractivity contribution >= 4 is 12.4 Å². The van der Waals surface area contributed by atoms with E-state index in [2.05, 4.69) is 40.1 Å². The van der Waals surface area contributed by atoms with Gasteiger partial charge in [0.2, 0.25) is 5.91 Å². The minimum absolute atomic E-state index is 0.132. The fraction of sp³-hybridized carbons (Fsp3) is 0.652. The molecule has 3 fully saturated rings. The van der Waals surface area contributed by atoms with Crippen LogP contribution in [0.5, 0.6) is 0 Å². The standard InChI is InChI=1S/C22H32N2O3.CH2O2/c25-16-19-12-20-21(13-19)27-11-10-24(20)22(26)14-17-6-8-23(9-7-17)15-18-4-2-1-3-5-18;2-1-3/h1-5,17,19-21,25H,6-16H2;1H,(H,2,3)/t19-,20+,21+;/m1./s1. The van der Waals surface area contributed by atoms with Crippen molar-refractivity contribution in [2.75, 3.05) is 32.8 Å². The summed E-state index contributed by atoms with van der Waals surface area (Å²) in [6.07, 6.45) is 4.80. The van der Waals surface area contributed by atoms with Crippen molar-refractivity contribution < 1.29 is 24.5 Å². The van der Waals surface area contributed by atoms with E-state index in [-0.39, 0.29) is 31.1 Å². The lowest BCUT2D eigenvalue weighted by Crippen LogP contribution is -2.51. The lowest BCUT2D eigenvalue weighted by Gasteiger charge is -2.39. The number of aliphatic hydroxyl groups is 1. The molecule has 7 nitrogen and oxygen atoms in total. The number of ether oxygens (including phenoxy) is 1. The molecule has 3 atom stereocenters. The molecule has 0 bridgehead atoms. The van der Waals surface area contributed by atoms with E-state index in [0.29, 0.717) is 31.4 Å². The zero-order chi connectivity index (χ0) is 21.3. The Balaban J connectivity index is 0.000000806. The molecular weight excluding hydrogens is 384 g/mol. The number of amides is 1. The average molecular weight is 419 g/mol. The Morgan fingerprint density at radius 1 is 1.10 bits per heavy atom. The molecule has 2 N–H and O–H groups in total. The normalized spacial score (nSPS) is 27.1. The summed E-state index contributed by atoms with van der Waals surface area (Å²) in [4.78, 5) is 25.9. The fourth-order valence-electron chi connectivity index (χ4n) is 5.06. The number of carbonyl (C=O) groups is 2. The van der Waals surface area contributed by atoms with Crippen molar-refractivity contribution in [2.24, 2.45) is 11.8 Å². The summed E-state index contributed by atoms with van der Waals surface area (Å²) >= 11 is 0. The summed E-state index contributed by atoms with van der Waals surface area (Å²) in [5.74, 6) is 1.09. The van der Waals surface area contributed by atoms with Crippen LogP contribution >= 0.6 is 0 Å². The monoisotopic (exact) mass is 418 g/mol. The van der Waals surface area contributed by atoms with Gasteiger partial charge in [-0.15, -0.1) is 0 Å². The van der Waals surface area contributed by atoms with Gasteiger partial charge in [-0.2, -0.15) is 0 Å². The third kappa shape index (κ3) is 6.03. The number of likely N-dealkylation sites (tertiary alicyclic amines) is 1. The molecule has 2 saturated heterocycles. The van der Waals surface area contributed by atoms with Gasteiger partial charge in [0, 0.05) is 26.1 Å². The lowest BCUT2D eigenvalue weighted by atomic mass is 9.92. The Labute approximate surface area is 178 Å². The third-order valence-corrected chi connectivity index (χ3v) is 6.63. The molecule has 0 spiro atoms. The summed E-state index contributed by atoms with van der Waals surface area (Å²) in [6, 6.07) is 10.8. The Morgan fingerprint density at radius 3 is 2.47 bits per heavy atom. The highest BCUT2D eigenvalue weighted by atomic mass is 16.5. The Kier molecular flexibility index (Phi) is 8.66. The molecule has 30 heavy (non-hydrogen) atoms. The molecule has 0 unspecified atom stereocenters. The molecule has 3 aliphatic rings. The number of hydrogen-bond acceptors (Lipinski definition) is 5. The minimum atomic E-state index is -0.250. The second kappa shape index (κ2) is 11.4. The molecule has 4 rings (SSSR count). The van der Waals surface area contributed by atoms with Gasteiger partial charge in [0.05, 0.1) is 18.8 Å². The first-order chi connectivity index (χ1) is 14.6. The van der Waals surface area contributed by atoms with E-state index < -0.39 is 0 Å². The molecule has 7 heteroatoms. The van der Waals surface area contributed by atoms with Crippen molar-refractivity contribution in [1.82, 2.24) is 9.80 Å². The van der Waals surface area contributed by atoms with Gasteiger partial charge in [-0.3, -0.25) is 14.5 Å². The smallest absolute Gasteiger partial charge is 0.290 e. The number of carboxylic acid groups (broad SMARTS) is 1. The van der Waals surface area contributed by atoms with Crippen LogP contribution in [-0.4, -0.2) is 77.4 Å². The predicted molar refractivity (Wildman–Crippen MR) is 113 cm³/mol. The second-order valence-corrected chi connectivity index (χ2v) is 8.60. The maximum absolute atomic E-state index is 13.0. The highest BCUT2D eigenvalue weighted by Gasteiger charge is 2.42. The van der Waals surface area contributed by atoms with E-state index in [1.807, 2.05) is 0 Å². The van der Waals surface area contributed by atoms with E-state index in [0.717, 1.165) is 45.3 Å². The molecule has 1 saturated carbocycles. The van der Waals surface area contributed by atoms with E-state index in [4.69, 9.17) is 14.6 Å². The minimum Gasteiger partial charge on any atom is -0.483 e. The lowest BCUT2D eigenvalue weighted by molar-refractivity contribution is -0.145. The number of carbonyl (C=O) groups excluding carboxylic acids is 1. The number of hydrogen-bond donors (Lipinski definition) is 2. The van der Waals surface area contributed by atoms with Crippen LogP contribution in [0.4, 0.5) is 0 Å². The van der Waals surface area contributed by atoms with E-state index >= 15 is 0 Å². The molecule has 2 aliphatic heterocycles. The zero-order valence-corrected chi connectivity index (χ0v) is 17.6. The number of morpholine rings is 1. The molecular formula is C23H34N2O5. The zero-order valence-electron chi connectivity index (χ0n) is 17.6. The molecule has 1 amide bonds. The molecule has 0 aromatic heterocycles. The SMILES string of the molecule is O=C(CC1CCN(Cc2ccccc2)CC1)N1CCO[C@H]2C[C@H](CO)C[C@@H]21.O=CO. The molecule has 2 heterocycles. The van der Waals surface area contributed by atoms with Crippen LogP contribution < -0.4 is 0 Å². The van der Waals surface area contributed by atoms with Crippen molar-refractivity contribution in [2.45, 2.75) is 50.8 Å². The summed E-state index contributed by atoms with van der Waals surface area (Å²) in [5, 5.41) is 16.4. The summed E-state index contributed by atoms with van der Waals surface area (Å²) in [7, 11) is 0. The number of fused-ring (bicyclic) bond motifs is 1. The topological polar surface area (TPSA) is 90.3 Å². The van der Waals surface area contributed by atoms with E-state index in [1.54, 1.807) is 0 Å². The highest BCUT2D eigenvalue weighted by molar-refractivity contribution is 5.77. The Hall–Kier alpha value is -1.96. The maximum atomic E-state index is 13.0. The molecule has 0 radical (unpaired) electrons. The maximum Gasteiger partial charge on any atom is 0.290 e. The first-order valence-corrected chi connectivity index (χ1v) is 11.0. The molecule has 166 valence electrons. The van der Waals surface area contributed by atoms with E-state index in [1.165, 1.54) is 5.56 Å². The molecule has 1 aromatic carbocycles. The number of benzene rings is 1. The average Bonchev–Trinajstić information content (AvgIpc) is 3.20. The molecule has 1 aliphatic carbocycles. The van der Waals surface area contributed by atoms with Crippen LogP contribution in [-0.2, 0) is 20.9 Å². The number of rotatable bonds is 5. The van der Waals surface area contributed by atoms with Crippen LogP contribution in [0.2, 0.25) is 0 Å². The summed E-state index contributed by atoms with van der Waals surface area (Å²) < 4.78 is 5.86. The fourth-order valence-corrected chi connectivity index (χ4v) is 5.06. The first-order valence-electron chi connectivity index (χ1n) is 11.0. The van der Waals surface area contributed by atoms with Gasteiger partial charge in [-0.25, -0.2) is 0 Å². The number of aliphatic hydroxyl groups excluding tert-OH is 1. The number of piperidine rings is 1. The van der Waals surface area contributed by atoms with Gasteiger partial charge < -0.3 is 19.8 Å². The molecule has 1 aromatic rings. The highest BCUT2D eigenvalue weighted by Crippen LogP contribution is 2.35. The van der Waals surface area contributed by atoms with Gasteiger partial charge in [-0.05, 0) is 56.2 Å². The van der Waals surface area contributed by atoms with Crippen molar-refractivity contribution in [3.8, 4) is 0 Å². The van der Waals surface area contributed by atoms with E-state index in [9.17, 15) is 9.90 Å². The van der Waals surface area contributed by atoms with Crippen LogP contribution in [0.25, 0.3) is 0 Å². The predicted octanol–water partition coefficient (Wildman–Crippen LogP) is 1.99. The van der Waals surface area contributed by atoms with Crippen LogP contribution in [0, 0.1) is 11.8 Å². The van der Waals surface area contributed by atoms with Gasteiger partial charge in [0.15, 0.2) is 0 Å². The van der Waals surface area contributed by atoms with Crippen LogP contribution in [0.3, 0.4) is 0 Å². The first kappa shape index (κ1) is 22.7. The summed E-state index contributed by atoms with van der Waals surface area (Å²) in [6.45, 7) is 4.48. The van der Waals surface area contributed by atoms with Crippen LogP contribution in [0.1, 0.15) is 37.7 Å². The Bertz CT molecular complexity index is 663. The third-order valence-electron chi connectivity index (χ3n) is 6.63. The Morgan fingerprint density at radius 2 is 1.80 bits per heavy atom. The largest absolute Gasteiger partial charge is 0.483 e. The summed E-state index contributed by atoms with van der Waals surface area (Å²) in [5.41, 5.74) is 1.37. The van der Waals surface area contributed by atoms with Crippen molar-refractivity contribution in [3.63, 3.8) is 0 Å². The van der Waals surface area contributed by atoms with Crippen LogP contribution in [0.15, 0.2) is 30.3 Å². The van der Waals surface area contributed by atoms with Crippen molar-refractivity contribution in [1.29, 1.82) is 0 Å². The van der Waals surface area contributed by atoms with Gasteiger partial charge in [-0.1, -0.05) is 30.3 Å². The second-order valence-electron chi connectivity index (χ2n) is 8.60. The number of nitrogens with zero attached hydrogens (tertiary/aromatic N) is 2.